The number of hydrogen-bond donors (Lipinski definition) is 1. The molecule has 0 saturated carbocycles. The van der Waals surface area contributed by atoms with Crippen molar-refractivity contribution in [3.8, 4) is 5.75 Å². The van der Waals surface area contributed by atoms with E-state index < -0.39 is 0 Å². The van der Waals surface area contributed by atoms with Crippen molar-refractivity contribution in [2.45, 2.75) is 26.3 Å². The van der Waals surface area contributed by atoms with Gasteiger partial charge in [0.2, 0.25) is 0 Å². The van der Waals surface area contributed by atoms with Crippen LogP contribution in [-0.4, -0.2) is 7.11 Å². The highest BCUT2D eigenvalue weighted by atomic mass is 79.9. The summed E-state index contributed by atoms with van der Waals surface area (Å²) in [5.74, 6) is 0.875. The summed E-state index contributed by atoms with van der Waals surface area (Å²) in [6.07, 6.45) is 0.909. The van der Waals surface area contributed by atoms with E-state index in [1.165, 1.54) is 0 Å². The number of hydrogen-bond acceptors (Lipinski definition) is 2. The maximum absolute atomic E-state index is 5.99. The van der Waals surface area contributed by atoms with Crippen LogP contribution in [-0.2, 0) is 0 Å². The summed E-state index contributed by atoms with van der Waals surface area (Å²) in [4.78, 5) is 0. The molecule has 0 aliphatic carbocycles. The highest BCUT2D eigenvalue weighted by molar-refractivity contribution is 9.10. The lowest BCUT2D eigenvalue weighted by Gasteiger charge is -2.15. The van der Waals surface area contributed by atoms with Gasteiger partial charge in [-0.2, -0.15) is 0 Å². The molecule has 1 atom stereocenters. The van der Waals surface area contributed by atoms with Gasteiger partial charge in [0, 0.05) is 16.1 Å². The monoisotopic (exact) mass is 257 g/mol. The van der Waals surface area contributed by atoms with Crippen molar-refractivity contribution in [1.82, 2.24) is 0 Å². The Kier molecular flexibility index (Phi) is 3.96. The van der Waals surface area contributed by atoms with Crippen LogP contribution in [0.25, 0.3) is 0 Å². The molecule has 0 aliphatic heterocycles. The minimum atomic E-state index is 0.0434. The highest BCUT2D eigenvalue weighted by Crippen LogP contribution is 2.31. The van der Waals surface area contributed by atoms with Crippen LogP contribution < -0.4 is 10.5 Å². The first-order valence-corrected chi connectivity index (χ1v) is 5.49. The van der Waals surface area contributed by atoms with Crippen molar-refractivity contribution < 1.29 is 4.74 Å². The fourth-order valence-corrected chi connectivity index (χ4v) is 1.72. The Morgan fingerprint density at radius 3 is 2.64 bits per heavy atom. The van der Waals surface area contributed by atoms with Crippen LogP contribution in [0.3, 0.4) is 0 Å². The largest absolute Gasteiger partial charge is 0.496 e. The Balaban J connectivity index is 3.19. The van der Waals surface area contributed by atoms with Gasteiger partial charge >= 0.3 is 0 Å². The van der Waals surface area contributed by atoms with Crippen LogP contribution in [0.2, 0.25) is 0 Å². The molecule has 0 bridgehead atoms. The molecule has 0 unspecified atom stereocenters. The van der Waals surface area contributed by atoms with Crippen LogP contribution in [0.4, 0.5) is 0 Å². The topological polar surface area (TPSA) is 35.2 Å². The number of benzene rings is 1. The molecule has 0 saturated heterocycles. The van der Waals surface area contributed by atoms with Crippen molar-refractivity contribution in [3.63, 3.8) is 0 Å². The van der Waals surface area contributed by atoms with Gasteiger partial charge in [-0.3, -0.25) is 0 Å². The highest BCUT2D eigenvalue weighted by Gasteiger charge is 2.11. The Hall–Kier alpha value is -0.540. The van der Waals surface area contributed by atoms with E-state index in [1.807, 2.05) is 19.1 Å². The lowest BCUT2D eigenvalue weighted by molar-refractivity contribution is 0.404. The van der Waals surface area contributed by atoms with Gasteiger partial charge in [0.25, 0.3) is 0 Å². The molecule has 0 radical (unpaired) electrons. The van der Waals surface area contributed by atoms with E-state index in [9.17, 15) is 0 Å². The van der Waals surface area contributed by atoms with Crippen LogP contribution >= 0.6 is 15.9 Å². The van der Waals surface area contributed by atoms with Gasteiger partial charge in [-0.15, -0.1) is 0 Å². The van der Waals surface area contributed by atoms with E-state index in [0.29, 0.717) is 0 Å². The van der Waals surface area contributed by atoms with Crippen LogP contribution in [0.1, 0.15) is 30.5 Å². The van der Waals surface area contributed by atoms with Crippen molar-refractivity contribution in [3.05, 3.63) is 27.7 Å². The number of nitrogens with two attached hydrogens (primary N) is 1. The van der Waals surface area contributed by atoms with E-state index in [0.717, 1.165) is 27.8 Å². The first-order valence-electron chi connectivity index (χ1n) is 4.69. The van der Waals surface area contributed by atoms with Crippen molar-refractivity contribution >= 4 is 15.9 Å². The van der Waals surface area contributed by atoms with Crippen LogP contribution in [0.5, 0.6) is 5.75 Å². The molecular formula is C11H16BrNO. The summed E-state index contributed by atoms with van der Waals surface area (Å²) < 4.78 is 6.38. The van der Waals surface area contributed by atoms with Gasteiger partial charge in [-0.1, -0.05) is 22.9 Å². The number of ether oxygens (including phenoxy) is 1. The van der Waals surface area contributed by atoms with Crippen molar-refractivity contribution in [2.24, 2.45) is 5.73 Å². The summed E-state index contributed by atoms with van der Waals surface area (Å²) in [5.41, 5.74) is 8.21. The summed E-state index contributed by atoms with van der Waals surface area (Å²) in [7, 11) is 1.68. The van der Waals surface area contributed by atoms with E-state index in [2.05, 4.69) is 22.9 Å². The van der Waals surface area contributed by atoms with Gasteiger partial charge < -0.3 is 10.5 Å². The Bertz CT molecular complexity index is 325. The van der Waals surface area contributed by atoms with Gasteiger partial charge in [0.1, 0.15) is 5.75 Å². The molecule has 0 aliphatic rings. The number of methoxy groups -OCH3 is 1. The lowest BCUT2D eigenvalue weighted by atomic mass is 10.0. The molecule has 3 heteroatoms. The molecule has 0 amide bonds. The second-order valence-corrected chi connectivity index (χ2v) is 4.21. The fraction of sp³-hybridized carbons (Fsp3) is 0.455. The molecule has 0 heterocycles. The SMILES string of the molecule is CC[C@@H](N)c1cc(Br)c(C)cc1OC. The summed E-state index contributed by atoms with van der Waals surface area (Å²) in [5, 5.41) is 0. The third-order valence-corrected chi connectivity index (χ3v) is 3.20. The van der Waals surface area contributed by atoms with Crippen molar-refractivity contribution in [2.75, 3.05) is 7.11 Å². The van der Waals surface area contributed by atoms with Crippen molar-refractivity contribution in [1.29, 1.82) is 0 Å². The summed E-state index contributed by atoms with van der Waals surface area (Å²) in [6.45, 7) is 4.10. The normalized spacial score (nSPS) is 12.6. The molecule has 1 aromatic rings. The standard InChI is InChI=1S/C11H16BrNO/c1-4-10(13)8-6-9(12)7(2)5-11(8)14-3/h5-6,10H,4,13H2,1-3H3/t10-/m1/s1. The van der Waals surface area contributed by atoms with Gasteiger partial charge in [0.05, 0.1) is 7.11 Å². The molecule has 0 spiro atoms. The Labute approximate surface area is 93.6 Å². The second-order valence-electron chi connectivity index (χ2n) is 3.36. The first kappa shape index (κ1) is 11.5. The minimum Gasteiger partial charge on any atom is -0.496 e. The molecule has 14 heavy (non-hydrogen) atoms. The van der Waals surface area contributed by atoms with Gasteiger partial charge in [-0.25, -0.2) is 0 Å². The smallest absolute Gasteiger partial charge is 0.123 e. The molecular weight excluding hydrogens is 242 g/mol. The van der Waals surface area contributed by atoms with Gasteiger partial charge in [0.15, 0.2) is 0 Å². The predicted octanol–water partition coefficient (Wildman–Crippen LogP) is 3.18. The van der Waals surface area contributed by atoms with E-state index in [4.69, 9.17) is 10.5 Å². The summed E-state index contributed by atoms with van der Waals surface area (Å²) >= 11 is 3.50. The van der Waals surface area contributed by atoms with E-state index in [-0.39, 0.29) is 6.04 Å². The molecule has 1 aromatic carbocycles. The molecule has 0 aromatic heterocycles. The maximum Gasteiger partial charge on any atom is 0.123 e. The first-order chi connectivity index (χ1) is 6.60. The second kappa shape index (κ2) is 4.80. The minimum absolute atomic E-state index is 0.0434. The molecule has 2 nitrogen and oxygen atoms in total. The molecule has 2 N–H and O–H groups in total. The fourth-order valence-electron chi connectivity index (χ4n) is 1.36. The Morgan fingerprint density at radius 1 is 1.50 bits per heavy atom. The molecule has 78 valence electrons. The third-order valence-electron chi connectivity index (χ3n) is 2.35. The zero-order chi connectivity index (χ0) is 10.7. The zero-order valence-corrected chi connectivity index (χ0v) is 10.4. The number of aryl methyl sites for hydroxylation is 1. The lowest BCUT2D eigenvalue weighted by Crippen LogP contribution is -2.10. The average Bonchev–Trinajstić information content (AvgIpc) is 2.20. The number of rotatable bonds is 3. The molecule has 1 rings (SSSR count). The predicted molar refractivity (Wildman–Crippen MR) is 62.7 cm³/mol. The zero-order valence-electron chi connectivity index (χ0n) is 8.80. The maximum atomic E-state index is 5.99. The van der Waals surface area contributed by atoms with Gasteiger partial charge in [-0.05, 0) is 31.0 Å². The Morgan fingerprint density at radius 2 is 2.14 bits per heavy atom. The van der Waals surface area contributed by atoms with E-state index >= 15 is 0 Å². The third kappa shape index (κ3) is 2.28. The molecule has 0 fully saturated rings. The quantitative estimate of drug-likeness (QED) is 0.903. The average molecular weight is 258 g/mol. The van der Waals surface area contributed by atoms with Crippen LogP contribution in [0, 0.1) is 6.92 Å². The number of halogens is 1. The van der Waals surface area contributed by atoms with E-state index in [1.54, 1.807) is 7.11 Å². The van der Waals surface area contributed by atoms with Crippen LogP contribution in [0.15, 0.2) is 16.6 Å². The summed E-state index contributed by atoms with van der Waals surface area (Å²) in [6, 6.07) is 4.10.